The highest BCUT2D eigenvalue weighted by atomic mass is 32.2. The van der Waals surface area contributed by atoms with Crippen LogP contribution in [0.3, 0.4) is 0 Å². The summed E-state index contributed by atoms with van der Waals surface area (Å²) in [5.41, 5.74) is 2.60. The molecule has 0 saturated carbocycles. The van der Waals surface area contributed by atoms with Gasteiger partial charge in [-0.05, 0) is 43.7 Å². The second kappa shape index (κ2) is 8.45. The second-order valence-electron chi connectivity index (χ2n) is 6.82. The number of ether oxygens (including phenoxy) is 1. The number of anilines is 1. The number of nitrogens with one attached hydrogen (secondary N) is 1. The number of hydrogen-bond acceptors (Lipinski definition) is 5. The molecule has 2 aromatic rings. The minimum absolute atomic E-state index is 0.0355. The van der Waals surface area contributed by atoms with Crippen molar-refractivity contribution in [2.24, 2.45) is 0 Å². The highest BCUT2D eigenvalue weighted by Crippen LogP contribution is 2.35. The quantitative estimate of drug-likeness (QED) is 0.574. The van der Waals surface area contributed by atoms with E-state index >= 15 is 0 Å². The molecule has 6 nitrogen and oxygen atoms in total. The van der Waals surface area contributed by atoms with Gasteiger partial charge in [-0.15, -0.1) is 11.8 Å². The van der Waals surface area contributed by atoms with Gasteiger partial charge < -0.3 is 10.1 Å². The van der Waals surface area contributed by atoms with E-state index in [0.717, 1.165) is 16.7 Å². The first-order chi connectivity index (χ1) is 13.2. The van der Waals surface area contributed by atoms with Gasteiger partial charge in [0.2, 0.25) is 10.0 Å². The third kappa shape index (κ3) is 4.99. The Bertz CT molecular complexity index is 959. The Kier molecular flexibility index (Phi) is 6.20. The molecule has 0 saturated heterocycles. The highest BCUT2D eigenvalue weighted by molar-refractivity contribution is 7.99. The number of sulfonamides is 1. The van der Waals surface area contributed by atoms with Crippen LogP contribution in [0.1, 0.15) is 11.1 Å². The molecule has 0 fully saturated rings. The maximum Gasteiger partial charge on any atom is 0.263 e. The van der Waals surface area contributed by atoms with Crippen molar-refractivity contribution in [1.82, 2.24) is 5.32 Å². The molecule has 1 N–H and O–H groups in total. The number of carbonyl (C=O) groups is 1. The van der Waals surface area contributed by atoms with E-state index in [1.54, 1.807) is 23.9 Å². The summed E-state index contributed by atoms with van der Waals surface area (Å²) in [5, 5.41) is 2.84. The topological polar surface area (TPSA) is 75.7 Å². The van der Waals surface area contributed by atoms with Gasteiger partial charge in [-0.25, -0.2) is 8.42 Å². The number of amides is 1. The Labute approximate surface area is 170 Å². The fourth-order valence-electron chi connectivity index (χ4n) is 2.90. The second-order valence-corrected chi connectivity index (χ2v) is 9.90. The molecular weight excluding hydrogens is 396 g/mol. The van der Waals surface area contributed by atoms with Crippen molar-refractivity contribution >= 4 is 33.4 Å². The van der Waals surface area contributed by atoms with Gasteiger partial charge in [0.1, 0.15) is 5.75 Å². The van der Waals surface area contributed by atoms with Crippen molar-refractivity contribution in [3.63, 3.8) is 0 Å². The molecule has 0 unspecified atom stereocenters. The van der Waals surface area contributed by atoms with Crippen LogP contribution in [0.15, 0.2) is 47.4 Å². The van der Waals surface area contributed by atoms with Crippen molar-refractivity contribution in [2.45, 2.75) is 24.8 Å². The van der Waals surface area contributed by atoms with Crippen LogP contribution in [0.5, 0.6) is 5.75 Å². The van der Waals surface area contributed by atoms with E-state index in [1.165, 1.54) is 9.87 Å². The maximum absolute atomic E-state index is 12.5. The number of hydrogen-bond donors (Lipinski definition) is 1. The van der Waals surface area contributed by atoms with Crippen LogP contribution in [0.2, 0.25) is 0 Å². The van der Waals surface area contributed by atoms with Gasteiger partial charge in [-0.1, -0.05) is 23.8 Å². The van der Waals surface area contributed by atoms with E-state index in [0.29, 0.717) is 23.7 Å². The van der Waals surface area contributed by atoms with Crippen LogP contribution in [-0.4, -0.2) is 45.5 Å². The average Bonchev–Trinajstić information content (AvgIpc) is 2.64. The zero-order valence-corrected chi connectivity index (χ0v) is 17.8. The largest absolute Gasteiger partial charge is 0.476 e. The monoisotopic (exact) mass is 420 g/mol. The van der Waals surface area contributed by atoms with E-state index in [-0.39, 0.29) is 12.5 Å². The predicted molar refractivity (Wildman–Crippen MR) is 113 cm³/mol. The van der Waals surface area contributed by atoms with Crippen molar-refractivity contribution < 1.29 is 17.9 Å². The molecule has 2 aromatic carbocycles. The molecule has 8 heteroatoms. The van der Waals surface area contributed by atoms with E-state index in [2.05, 4.69) is 29.6 Å². The van der Waals surface area contributed by atoms with E-state index in [4.69, 9.17) is 4.74 Å². The summed E-state index contributed by atoms with van der Waals surface area (Å²) in [7, 11) is -3.52. The van der Waals surface area contributed by atoms with Crippen LogP contribution in [0.25, 0.3) is 0 Å². The highest BCUT2D eigenvalue weighted by Gasteiger charge is 2.34. The minimum Gasteiger partial charge on any atom is -0.476 e. The van der Waals surface area contributed by atoms with Gasteiger partial charge in [-0.2, -0.15) is 0 Å². The number of fused-ring (bicyclic) bond motifs is 1. The zero-order valence-electron chi connectivity index (χ0n) is 16.1. The maximum atomic E-state index is 12.5. The summed E-state index contributed by atoms with van der Waals surface area (Å²) in [4.78, 5) is 13.7. The zero-order chi connectivity index (χ0) is 20.3. The lowest BCUT2D eigenvalue weighted by atomic mass is 10.1. The van der Waals surface area contributed by atoms with Crippen molar-refractivity contribution in [3.8, 4) is 5.75 Å². The summed E-state index contributed by atoms with van der Waals surface area (Å²) in [6, 6.07) is 13.5. The molecule has 0 radical (unpaired) electrons. The smallest absolute Gasteiger partial charge is 0.263 e. The molecule has 3 rings (SSSR count). The summed E-state index contributed by atoms with van der Waals surface area (Å²) < 4.78 is 31.4. The van der Waals surface area contributed by atoms with Crippen molar-refractivity contribution in [3.05, 3.63) is 53.6 Å². The van der Waals surface area contributed by atoms with E-state index in [9.17, 15) is 13.2 Å². The number of rotatable bonds is 6. The normalized spacial score (nSPS) is 16.2. The molecule has 0 aromatic heterocycles. The third-order valence-electron chi connectivity index (χ3n) is 4.37. The lowest BCUT2D eigenvalue weighted by Crippen LogP contribution is -2.50. The molecule has 0 aliphatic carbocycles. The molecule has 1 amide bonds. The number of aryl methyl sites for hydroxylation is 2. The van der Waals surface area contributed by atoms with Crippen LogP contribution in [-0.2, 0) is 14.8 Å². The first-order valence-corrected chi connectivity index (χ1v) is 11.8. The first kappa shape index (κ1) is 20.5. The Morgan fingerprint density at radius 3 is 2.54 bits per heavy atom. The predicted octanol–water partition coefficient (Wildman–Crippen LogP) is 2.74. The molecule has 0 bridgehead atoms. The van der Waals surface area contributed by atoms with Crippen LogP contribution < -0.4 is 14.4 Å². The number of benzene rings is 2. The summed E-state index contributed by atoms with van der Waals surface area (Å²) in [6.07, 6.45) is 0.256. The third-order valence-corrected chi connectivity index (χ3v) is 6.53. The van der Waals surface area contributed by atoms with Crippen LogP contribution >= 0.6 is 11.8 Å². The fourth-order valence-corrected chi connectivity index (χ4v) is 4.58. The molecule has 1 atom stereocenters. The van der Waals surface area contributed by atoms with Crippen LogP contribution in [0, 0.1) is 13.8 Å². The van der Waals surface area contributed by atoms with E-state index in [1.807, 2.05) is 19.9 Å². The first-order valence-electron chi connectivity index (χ1n) is 8.96. The Morgan fingerprint density at radius 2 is 1.86 bits per heavy atom. The summed E-state index contributed by atoms with van der Waals surface area (Å²) in [6.45, 7) is 4.35. The van der Waals surface area contributed by atoms with Gasteiger partial charge >= 0.3 is 0 Å². The molecule has 0 spiro atoms. The summed E-state index contributed by atoms with van der Waals surface area (Å²) >= 11 is 1.65. The Morgan fingerprint density at radius 1 is 1.18 bits per heavy atom. The molecule has 1 heterocycles. The van der Waals surface area contributed by atoms with Gasteiger partial charge in [-0.3, -0.25) is 9.10 Å². The van der Waals surface area contributed by atoms with Gasteiger partial charge in [0.05, 0.1) is 18.5 Å². The molecule has 1 aliphatic heterocycles. The fraction of sp³-hybridized carbons (Fsp3) is 0.350. The Balaban J connectivity index is 1.61. The number of nitrogens with zero attached hydrogens (tertiary/aromatic N) is 1. The minimum atomic E-state index is -3.52. The van der Waals surface area contributed by atoms with Gasteiger partial charge in [0, 0.05) is 17.2 Å². The molecule has 1 aliphatic rings. The van der Waals surface area contributed by atoms with Gasteiger partial charge in [0.25, 0.3) is 5.91 Å². The van der Waals surface area contributed by atoms with Crippen molar-refractivity contribution in [1.29, 1.82) is 0 Å². The Hall–Kier alpha value is -2.19. The van der Waals surface area contributed by atoms with Crippen LogP contribution in [0.4, 0.5) is 5.69 Å². The average molecular weight is 421 g/mol. The van der Waals surface area contributed by atoms with Crippen molar-refractivity contribution in [2.75, 3.05) is 29.4 Å². The standard InChI is InChI=1S/C20H24N2O4S2/c1-14-4-7-16(8-5-14)27-11-10-21-20(23)19-13-22(28(3,24)25)17-12-15(2)6-9-18(17)26-19/h4-9,12,19H,10-11,13H2,1-3H3,(H,21,23)/t19-/m0/s1. The van der Waals surface area contributed by atoms with Gasteiger partial charge in [0.15, 0.2) is 6.10 Å². The molecule has 150 valence electrons. The summed E-state index contributed by atoms with van der Waals surface area (Å²) in [5.74, 6) is 0.799. The lowest BCUT2D eigenvalue weighted by Gasteiger charge is -2.34. The lowest BCUT2D eigenvalue weighted by molar-refractivity contribution is -0.127. The van der Waals surface area contributed by atoms with E-state index < -0.39 is 16.1 Å². The number of carbonyl (C=O) groups excluding carboxylic acids is 1. The molecule has 28 heavy (non-hydrogen) atoms. The molecular formula is C20H24N2O4S2. The number of thioether (sulfide) groups is 1. The SMILES string of the molecule is Cc1ccc(SCCNC(=O)[C@@H]2CN(S(C)(=O)=O)c3cc(C)ccc3O2)cc1.